The van der Waals surface area contributed by atoms with Crippen molar-refractivity contribution >= 4 is 61.4 Å². The van der Waals surface area contributed by atoms with Crippen molar-refractivity contribution in [3.63, 3.8) is 0 Å². The molecule has 4 aromatic rings. The number of nitrogens with two attached hydrogens (primary N) is 1. The third kappa shape index (κ3) is 4.18. The largest absolute Gasteiger partial charge is 0.381 e. The Kier molecular flexibility index (Phi) is 5.76. The van der Waals surface area contributed by atoms with Gasteiger partial charge in [-0.2, -0.15) is 0 Å². The maximum Gasteiger partial charge on any atom is 0.159 e. The van der Waals surface area contributed by atoms with E-state index in [0.29, 0.717) is 28.9 Å². The zero-order valence-corrected chi connectivity index (χ0v) is 17.9. The van der Waals surface area contributed by atoms with Crippen LogP contribution in [0.2, 0.25) is 5.02 Å². The number of aliphatic imine (C=N–C) groups is 1. The van der Waals surface area contributed by atoms with E-state index in [0.717, 1.165) is 27.7 Å². The van der Waals surface area contributed by atoms with Crippen LogP contribution in [-0.4, -0.2) is 52.9 Å². The molecule has 0 spiro atoms. The first-order chi connectivity index (χ1) is 14.4. The number of aromatic nitrogens is 3. The molecule has 0 aliphatic heterocycles. The van der Waals surface area contributed by atoms with Gasteiger partial charge >= 0.3 is 0 Å². The van der Waals surface area contributed by atoms with E-state index in [1.165, 1.54) is 29.8 Å². The smallest absolute Gasteiger partial charge is 0.159 e. The number of amidine groups is 1. The Bertz CT molecular complexity index is 1250. The molecule has 2 aromatic heterocycles. The van der Waals surface area contributed by atoms with Crippen LogP contribution < -0.4 is 11.1 Å². The summed E-state index contributed by atoms with van der Waals surface area (Å²) in [7, 11) is 3.97. The molecule has 30 heavy (non-hydrogen) atoms. The summed E-state index contributed by atoms with van der Waals surface area (Å²) in [4.78, 5) is 19.8. The number of halogens is 2. The summed E-state index contributed by atoms with van der Waals surface area (Å²) in [5.41, 5.74) is 8.32. The highest BCUT2D eigenvalue weighted by Gasteiger charge is 2.15. The fourth-order valence-electron chi connectivity index (χ4n) is 2.88. The minimum Gasteiger partial charge on any atom is -0.381 e. The first kappa shape index (κ1) is 20.4. The van der Waals surface area contributed by atoms with E-state index in [2.05, 4.69) is 25.3 Å². The van der Waals surface area contributed by atoms with Gasteiger partial charge in [-0.25, -0.2) is 19.3 Å². The number of hydrogen-bond acceptors (Lipinski definition) is 7. The topological polar surface area (TPSA) is 92.3 Å². The molecule has 0 amide bonds. The molecule has 0 atom stereocenters. The average Bonchev–Trinajstić information content (AvgIpc) is 3.15. The maximum absolute atomic E-state index is 13.5. The fourth-order valence-corrected chi connectivity index (χ4v) is 4.09. The third-order valence-electron chi connectivity index (χ3n) is 4.39. The molecule has 0 aliphatic carbocycles. The van der Waals surface area contributed by atoms with Crippen molar-refractivity contribution in [3.05, 3.63) is 52.5 Å². The Hall–Kier alpha value is -2.88. The number of benzene rings is 2. The van der Waals surface area contributed by atoms with Crippen LogP contribution in [0.1, 0.15) is 5.01 Å². The normalized spacial score (nSPS) is 12.2. The Morgan fingerprint density at radius 2 is 2.03 bits per heavy atom. The highest BCUT2D eigenvalue weighted by molar-refractivity contribution is 7.21. The van der Waals surface area contributed by atoms with E-state index >= 15 is 0 Å². The van der Waals surface area contributed by atoms with E-state index in [-0.39, 0.29) is 5.02 Å². The standard InChI is InChI=1S/C20H19ClFN7S/c1-29(2)8-7-24-18(23)20-28-15-6-5-14-16(17(15)30-20)19(26-10-25-14)27-11-3-4-13(22)12(21)9-11/h3-6,9-10H,7-8H2,1-2H3,(H2,23,24)(H,25,26,27). The zero-order chi connectivity index (χ0) is 21.3. The van der Waals surface area contributed by atoms with Crippen molar-refractivity contribution in [3.8, 4) is 0 Å². The maximum atomic E-state index is 13.5. The van der Waals surface area contributed by atoms with Crippen LogP contribution in [0.15, 0.2) is 41.7 Å². The first-order valence-electron chi connectivity index (χ1n) is 9.13. The van der Waals surface area contributed by atoms with Gasteiger partial charge in [-0.05, 0) is 44.4 Å². The van der Waals surface area contributed by atoms with Gasteiger partial charge < -0.3 is 16.0 Å². The minimum absolute atomic E-state index is 0.0327. The van der Waals surface area contributed by atoms with Crippen LogP contribution in [-0.2, 0) is 0 Å². The number of likely N-dealkylation sites (N-methyl/N-ethyl adjacent to an activating group) is 1. The van der Waals surface area contributed by atoms with Crippen molar-refractivity contribution in [2.24, 2.45) is 10.7 Å². The number of fused-ring (bicyclic) bond motifs is 3. The molecule has 0 radical (unpaired) electrons. The molecule has 2 aromatic carbocycles. The number of nitrogens with one attached hydrogen (secondary N) is 1. The van der Waals surface area contributed by atoms with Crippen molar-refractivity contribution < 1.29 is 4.39 Å². The second-order valence-electron chi connectivity index (χ2n) is 6.87. The summed E-state index contributed by atoms with van der Waals surface area (Å²) >= 11 is 7.34. The highest BCUT2D eigenvalue weighted by atomic mass is 35.5. The molecule has 0 saturated carbocycles. The van der Waals surface area contributed by atoms with Crippen LogP contribution in [0.25, 0.3) is 21.1 Å². The molecule has 4 rings (SSSR count). The van der Waals surface area contributed by atoms with E-state index in [1.54, 1.807) is 6.07 Å². The lowest BCUT2D eigenvalue weighted by Gasteiger charge is -2.09. The van der Waals surface area contributed by atoms with E-state index < -0.39 is 5.82 Å². The van der Waals surface area contributed by atoms with Gasteiger partial charge in [0.05, 0.1) is 32.7 Å². The quantitative estimate of drug-likeness (QED) is 0.345. The summed E-state index contributed by atoms with van der Waals surface area (Å²) in [6.45, 7) is 1.40. The molecule has 2 heterocycles. The van der Waals surface area contributed by atoms with Crippen molar-refractivity contribution in [1.29, 1.82) is 0 Å². The summed E-state index contributed by atoms with van der Waals surface area (Å²) in [6.07, 6.45) is 1.47. The average molecular weight is 444 g/mol. The molecule has 0 unspecified atom stereocenters. The third-order valence-corrected chi connectivity index (χ3v) is 5.79. The van der Waals surface area contributed by atoms with Gasteiger partial charge in [0.15, 0.2) is 10.8 Å². The molecule has 0 fully saturated rings. The molecule has 7 nitrogen and oxygen atoms in total. The molecule has 0 saturated heterocycles. The van der Waals surface area contributed by atoms with Crippen molar-refractivity contribution in [1.82, 2.24) is 19.9 Å². The van der Waals surface area contributed by atoms with E-state index in [9.17, 15) is 4.39 Å². The number of nitrogens with zero attached hydrogens (tertiary/aromatic N) is 5. The summed E-state index contributed by atoms with van der Waals surface area (Å²) in [6, 6.07) is 8.20. The van der Waals surface area contributed by atoms with Crippen molar-refractivity contribution in [2.75, 3.05) is 32.5 Å². The lowest BCUT2D eigenvalue weighted by molar-refractivity contribution is 0.420. The van der Waals surface area contributed by atoms with Gasteiger partial charge in [0, 0.05) is 12.2 Å². The summed E-state index contributed by atoms with van der Waals surface area (Å²) in [5, 5.41) is 4.69. The van der Waals surface area contributed by atoms with Gasteiger partial charge in [-0.3, -0.25) is 4.99 Å². The van der Waals surface area contributed by atoms with Gasteiger partial charge in [0.1, 0.15) is 18.0 Å². The second-order valence-corrected chi connectivity index (χ2v) is 8.28. The Morgan fingerprint density at radius 3 is 2.80 bits per heavy atom. The van der Waals surface area contributed by atoms with Gasteiger partial charge in [0.2, 0.25) is 0 Å². The number of rotatable bonds is 6. The van der Waals surface area contributed by atoms with Crippen LogP contribution in [0.5, 0.6) is 0 Å². The molecular weight excluding hydrogens is 425 g/mol. The Labute approximate surface area is 181 Å². The predicted octanol–water partition coefficient (Wildman–Crippen LogP) is 4.04. The first-order valence-corrected chi connectivity index (χ1v) is 10.3. The lowest BCUT2D eigenvalue weighted by atomic mass is 10.2. The second kappa shape index (κ2) is 8.47. The van der Waals surface area contributed by atoms with Crippen LogP contribution in [0, 0.1) is 5.82 Å². The number of hydrogen-bond donors (Lipinski definition) is 2. The van der Waals surface area contributed by atoms with Gasteiger partial charge in [0.25, 0.3) is 0 Å². The minimum atomic E-state index is -0.478. The predicted molar refractivity (Wildman–Crippen MR) is 122 cm³/mol. The van der Waals surface area contributed by atoms with Crippen LogP contribution in [0.3, 0.4) is 0 Å². The highest BCUT2D eigenvalue weighted by Crippen LogP contribution is 2.34. The molecule has 0 bridgehead atoms. The number of anilines is 2. The molecule has 154 valence electrons. The van der Waals surface area contributed by atoms with E-state index in [1.807, 2.05) is 31.1 Å². The zero-order valence-electron chi connectivity index (χ0n) is 16.4. The summed E-state index contributed by atoms with van der Waals surface area (Å²) < 4.78 is 14.4. The molecule has 0 aliphatic rings. The van der Waals surface area contributed by atoms with E-state index in [4.69, 9.17) is 17.3 Å². The SMILES string of the molecule is CN(C)CCN=C(N)c1nc2ccc3ncnc(Nc4ccc(F)c(Cl)c4)c3c2s1. The summed E-state index contributed by atoms with van der Waals surface area (Å²) in [5.74, 6) is 0.503. The Morgan fingerprint density at radius 1 is 1.23 bits per heavy atom. The Balaban J connectivity index is 1.76. The fraction of sp³-hybridized carbons (Fsp3) is 0.200. The molecule has 10 heteroatoms. The number of thiazole rings is 1. The lowest BCUT2D eigenvalue weighted by Crippen LogP contribution is -2.19. The molecule has 3 N–H and O–H groups in total. The monoisotopic (exact) mass is 443 g/mol. The van der Waals surface area contributed by atoms with Gasteiger partial charge in [-0.15, -0.1) is 11.3 Å². The van der Waals surface area contributed by atoms with Crippen LogP contribution >= 0.6 is 22.9 Å². The van der Waals surface area contributed by atoms with Crippen LogP contribution in [0.4, 0.5) is 15.9 Å². The molecular formula is C20H19ClFN7S. The van der Waals surface area contributed by atoms with Crippen molar-refractivity contribution in [2.45, 2.75) is 0 Å². The van der Waals surface area contributed by atoms with Gasteiger partial charge in [-0.1, -0.05) is 11.6 Å².